The largest absolute Gasteiger partial charge is 0.481 e. The van der Waals surface area contributed by atoms with Crippen LogP contribution in [0.5, 0.6) is 0 Å². The van der Waals surface area contributed by atoms with Gasteiger partial charge in [0.25, 0.3) is 0 Å². The van der Waals surface area contributed by atoms with Crippen LogP contribution in [0.4, 0.5) is 0 Å². The number of hydrogen-bond acceptors (Lipinski definition) is 2. The maximum atomic E-state index is 10.6. The van der Waals surface area contributed by atoms with Crippen molar-refractivity contribution in [2.45, 2.75) is 32.7 Å². The Labute approximate surface area is 72.3 Å². The molecule has 0 saturated heterocycles. The molecule has 2 atom stereocenters. The highest BCUT2D eigenvalue weighted by Crippen LogP contribution is 2.31. The lowest BCUT2D eigenvalue weighted by molar-refractivity contribution is -0.141. The van der Waals surface area contributed by atoms with Crippen LogP contribution < -0.4 is 5.73 Å². The van der Waals surface area contributed by atoms with E-state index in [4.69, 9.17) is 10.8 Å². The molecule has 0 spiro atoms. The molecular formula is C9H15NO2. The number of aliphatic carboxylic acids is 1. The van der Waals surface area contributed by atoms with E-state index in [-0.39, 0.29) is 12.0 Å². The van der Waals surface area contributed by atoms with Crippen molar-refractivity contribution in [3.05, 3.63) is 11.1 Å². The van der Waals surface area contributed by atoms with E-state index in [1.54, 1.807) is 0 Å². The van der Waals surface area contributed by atoms with Gasteiger partial charge >= 0.3 is 5.97 Å². The number of carbonyl (C=O) groups is 1. The van der Waals surface area contributed by atoms with Gasteiger partial charge in [-0.1, -0.05) is 11.1 Å². The molecule has 0 heterocycles. The van der Waals surface area contributed by atoms with E-state index >= 15 is 0 Å². The van der Waals surface area contributed by atoms with E-state index in [9.17, 15) is 4.79 Å². The van der Waals surface area contributed by atoms with E-state index < -0.39 is 5.97 Å². The van der Waals surface area contributed by atoms with Crippen molar-refractivity contribution in [3.63, 3.8) is 0 Å². The molecule has 0 bridgehead atoms. The Morgan fingerprint density at radius 2 is 2.17 bits per heavy atom. The first-order valence-corrected chi connectivity index (χ1v) is 4.17. The Kier molecular flexibility index (Phi) is 2.52. The van der Waals surface area contributed by atoms with E-state index in [2.05, 4.69) is 0 Å². The van der Waals surface area contributed by atoms with Gasteiger partial charge in [0.2, 0.25) is 0 Å². The minimum absolute atomic E-state index is 0.0314. The molecule has 0 aromatic heterocycles. The van der Waals surface area contributed by atoms with Gasteiger partial charge in [-0.05, 0) is 26.7 Å². The fraction of sp³-hybridized carbons (Fsp3) is 0.667. The molecular weight excluding hydrogens is 154 g/mol. The summed E-state index contributed by atoms with van der Waals surface area (Å²) >= 11 is 0. The quantitative estimate of drug-likeness (QED) is 0.579. The molecule has 1 aliphatic rings. The molecule has 12 heavy (non-hydrogen) atoms. The predicted molar refractivity (Wildman–Crippen MR) is 46.7 cm³/mol. The molecule has 1 aliphatic carbocycles. The van der Waals surface area contributed by atoms with E-state index in [0.717, 1.165) is 5.57 Å². The van der Waals surface area contributed by atoms with Crippen LogP contribution in [0.25, 0.3) is 0 Å². The minimum atomic E-state index is -0.721. The normalized spacial score (nSPS) is 29.1. The lowest BCUT2D eigenvalue weighted by Gasteiger charge is -2.05. The number of hydrogen-bond donors (Lipinski definition) is 2. The van der Waals surface area contributed by atoms with Crippen molar-refractivity contribution in [3.8, 4) is 0 Å². The van der Waals surface area contributed by atoms with Gasteiger partial charge in [0, 0.05) is 6.04 Å². The molecule has 0 aliphatic heterocycles. The summed E-state index contributed by atoms with van der Waals surface area (Å²) in [4.78, 5) is 10.6. The van der Waals surface area contributed by atoms with E-state index in [1.165, 1.54) is 5.57 Å². The van der Waals surface area contributed by atoms with Crippen LogP contribution in [0, 0.1) is 5.92 Å². The Hall–Kier alpha value is -0.830. The molecule has 3 nitrogen and oxygen atoms in total. The predicted octanol–water partition coefficient (Wildman–Crippen LogP) is 1.14. The number of carboxylic acids is 1. The highest BCUT2D eigenvalue weighted by molar-refractivity contribution is 5.71. The Bertz CT molecular complexity index is 229. The second kappa shape index (κ2) is 3.27. The van der Waals surface area contributed by atoms with Crippen LogP contribution in [0.15, 0.2) is 11.1 Å². The molecule has 0 radical (unpaired) electrons. The highest BCUT2D eigenvalue weighted by atomic mass is 16.4. The van der Waals surface area contributed by atoms with Crippen LogP contribution in [-0.2, 0) is 4.79 Å². The molecule has 3 heteroatoms. The van der Waals surface area contributed by atoms with Crippen LogP contribution in [-0.4, -0.2) is 17.1 Å². The summed E-state index contributed by atoms with van der Waals surface area (Å²) < 4.78 is 0. The van der Waals surface area contributed by atoms with Gasteiger partial charge in [0.1, 0.15) is 0 Å². The lowest BCUT2D eigenvalue weighted by atomic mass is 10.1. The van der Waals surface area contributed by atoms with Crippen LogP contribution in [0.3, 0.4) is 0 Å². The summed E-state index contributed by atoms with van der Waals surface area (Å²) in [5, 5.41) is 8.75. The third-order valence-electron chi connectivity index (χ3n) is 2.44. The second-order valence-corrected chi connectivity index (χ2v) is 3.61. The average Bonchev–Trinajstić information content (AvgIpc) is 2.30. The summed E-state index contributed by atoms with van der Waals surface area (Å²) in [7, 11) is 0. The van der Waals surface area contributed by atoms with Crippen molar-refractivity contribution in [1.29, 1.82) is 0 Å². The Morgan fingerprint density at radius 1 is 1.58 bits per heavy atom. The maximum Gasteiger partial charge on any atom is 0.306 e. The SMILES string of the molecule is CC(C)=C1C[C@H](C(=O)O)C[C@@H]1N. The van der Waals surface area contributed by atoms with Crippen LogP contribution >= 0.6 is 0 Å². The van der Waals surface area contributed by atoms with Gasteiger partial charge in [0.05, 0.1) is 5.92 Å². The zero-order valence-electron chi connectivity index (χ0n) is 7.50. The van der Waals surface area contributed by atoms with Gasteiger partial charge < -0.3 is 10.8 Å². The first kappa shape index (κ1) is 9.26. The van der Waals surface area contributed by atoms with Crippen molar-refractivity contribution in [2.24, 2.45) is 11.7 Å². The van der Waals surface area contributed by atoms with Crippen molar-refractivity contribution >= 4 is 5.97 Å². The first-order chi connectivity index (χ1) is 5.52. The van der Waals surface area contributed by atoms with Gasteiger partial charge in [-0.25, -0.2) is 0 Å². The third-order valence-corrected chi connectivity index (χ3v) is 2.44. The van der Waals surface area contributed by atoms with Gasteiger partial charge in [0.15, 0.2) is 0 Å². The summed E-state index contributed by atoms with van der Waals surface area (Å²) in [6.45, 7) is 3.97. The zero-order chi connectivity index (χ0) is 9.30. The molecule has 1 fully saturated rings. The monoisotopic (exact) mass is 169 g/mol. The molecule has 1 saturated carbocycles. The van der Waals surface area contributed by atoms with Crippen LogP contribution in [0.2, 0.25) is 0 Å². The van der Waals surface area contributed by atoms with Crippen LogP contribution in [0.1, 0.15) is 26.7 Å². The van der Waals surface area contributed by atoms with E-state index in [1.807, 2.05) is 13.8 Å². The summed E-state index contributed by atoms with van der Waals surface area (Å²) in [6.07, 6.45) is 1.23. The lowest BCUT2D eigenvalue weighted by Crippen LogP contribution is -2.19. The third kappa shape index (κ3) is 1.67. The van der Waals surface area contributed by atoms with Crippen molar-refractivity contribution < 1.29 is 9.90 Å². The zero-order valence-corrected chi connectivity index (χ0v) is 7.50. The molecule has 68 valence electrons. The molecule has 0 aromatic rings. The summed E-state index contributed by atoms with van der Waals surface area (Å²) in [5.41, 5.74) is 8.09. The number of nitrogens with two attached hydrogens (primary N) is 1. The maximum absolute atomic E-state index is 10.6. The fourth-order valence-corrected chi connectivity index (χ4v) is 1.71. The molecule has 0 amide bonds. The molecule has 0 aromatic carbocycles. The number of rotatable bonds is 1. The number of allylic oxidation sites excluding steroid dienone is 1. The molecule has 1 rings (SSSR count). The smallest absolute Gasteiger partial charge is 0.306 e. The van der Waals surface area contributed by atoms with Gasteiger partial charge in [-0.15, -0.1) is 0 Å². The minimum Gasteiger partial charge on any atom is -0.481 e. The van der Waals surface area contributed by atoms with Crippen molar-refractivity contribution in [1.82, 2.24) is 0 Å². The number of carboxylic acid groups (broad SMARTS) is 1. The van der Waals surface area contributed by atoms with Gasteiger partial charge in [-0.3, -0.25) is 4.79 Å². The summed E-state index contributed by atoms with van der Waals surface area (Å²) in [6, 6.07) is -0.0314. The Balaban J connectivity index is 2.76. The molecule has 0 unspecified atom stereocenters. The van der Waals surface area contributed by atoms with Crippen molar-refractivity contribution in [2.75, 3.05) is 0 Å². The van der Waals surface area contributed by atoms with Gasteiger partial charge in [-0.2, -0.15) is 0 Å². The standard InChI is InChI=1S/C9H15NO2/c1-5(2)7-3-6(9(11)12)4-8(7)10/h6,8H,3-4,10H2,1-2H3,(H,11,12)/t6-,8-/m0/s1. The second-order valence-electron chi connectivity index (χ2n) is 3.61. The fourth-order valence-electron chi connectivity index (χ4n) is 1.71. The topological polar surface area (TPSA) is 63.3 Å². The average molecular weight is 169 g/mol. The summed E-state index contributed by atoms with van der Waals surface area (Å²) in [5.74, 6) is -0.980. The highest BCUT2D eigenvalue weighted by Gasteiger charge is 2.31. The Morgan fingerprint density at radius 3 is 2.42 bits per heavy atom. The van der Waals surface area contributed by atoms with E-state index in [0.29, 0.717) is 12.8 Å². The first-order valence-electron chi connectivity index (χ1n) is 4.17. The molecule has 3 N–H and O–H groups in total.